The Hall–Kier alpha value is -1.44. The number of aldehydes is 1. The van der Waals surface area contributed by atoms with Crippen molar-refractivity contribution in [3.05, 3.63) is 35.5 Å². The van der Waals surface area contributed by atoms with Gasteiger partial charge in [-0.05, 0) is 37.0 Å². The van der Waals surface area contributed by atoms with Crippen LogP contribution in [-0.2, 0) is 9.59 Å². The molecule has 0 saturated carbocycles. The zero-order valence-corrected chi connectivity index (χ0v) is 11.0. The maximum absolute atomic E-state index is 11.5. The van der Waals surface area contributed by atoms with Crippen molar-refractivity contribution in [2.24, 2.45) is 11.3 Å². The normalized spacial score (nSPS) is 24.9. The maximum Gasteiger partial charge on any atom is 0.156 e. The Morgan fingerprint density at radius 1 is 1.47 bits per heavy atom. The average Bonchev–Trinajstić information content (AvgIpc) is 2.14. The van der Waals surface area contributed by atoms with Gasteiger partial charge in [-0.3, -0.25) is 9.59 Å². The third-order valence-corrected chi connectivity index (χ3v) is 3.23. The Morgan fingerprint density at radius 2 is 2.12 bits per heavy atom. The SMILES string of the molecule is CC1=CC(=O)CC(C)(C)C1/C=C/C(C)=C\C=O. The van der Waals surface area contributed by atoms with Crippen molar-refractivity contribution in [2.45, 2.75) is 34.1 Å². The third kappa shape index (κ3) is 3.52. The van der Waals surface area contributed by atoms with Crippen molar-refractivity contribution in [3.8, 4) is 0 Å². The second kappa shape index (κ2) is 5.26. The summed E-state index contributed by atoms with van der Waals surface area (Å²) < 4.78 is 0. The number of hydrogen-bond donors (Lipinski definition) is 0. The molecule has 0 aromatic carbocycles. The first-order valence-corrected chi connectivity index (χ1v) is 5.88. The van der Waals surface area contributed by atoms with Crippen molar-refractivity contribution in [1.29, 1.82) is 0 Å². The van der Waals surface area contributed by atoms with E-state index < -0.39 is 0 Å². The topological polar surface area (TPSA) is 34.1 Å². The first kappa shape index (κ1) is 13.6. The summed E-state index contributed by atoms with van der Waals surface area (Å²) in [6.45, 7) is 8.10. The van der Waals surface area contributed by atoms with Gasteiger partial charge in [-0.2, -0.15) is 0 Å². The molecular formula is C15H20O2. The van der Waals surface area contributed by atoms with Gasteiger partial charge < -0.3 is 0 Å². The van der Waals surface area contributed by atoms with Gasteiger partial charge in [0.25, 0.3) is 0 Å². The quantitative estimate of drug-likeness (QED) is 0.425. The van der Waals surface area contributed by atoms with E-state index in [1.165, 1.54) is 6.08 Å². The van der Waals surface area contributed by atoms with E-state index in [2.05, 4.69) is 19.9 Å². The molecule has 0 aromatic rings. The minimum absolute atomic E-state index is 0.0477. The fourth-order valence-electron chi connectivity index (χ4n) is 2.39. The van der Waals surface area contributed by atoms with Gasteiger partial charge in [-0.1, -0.05) is 31.6 Å². The number of ketones is 1. The Morgan fingerprint density at radius 3 is 2.65 bits per heavy atom. The van der Waals surface area contributed by atoms with Crippen molar-refractivity contribution in [1.82, 2.24) is 0 Å². The van der Waals surface area contributed by atoms with E-state index >= 15 is 0 Å². The molecular weight excluding hydrogens is 212 g/mol. The summed E-state index contributed by atoms with van der Waals surface area (Å²) in [4.78, 5) is 21.9. The van der Waals surface area contributed by atoms with Crippen LogP contribution >= 0.6 is 0 Å². The molecule has 1 unspecified atom stereocenters. The zero-order chi connectivity index (χ0) is 13.1. The second-order valence-corrected chi connectivity index (χ2v) is 5.40. The van der Waals surface area contributed by atoms with E-state index in [4.69, 9.17) is 0 Å². The predicted molar refractivity (Wildman–Crippen MR) is 69.6 cm³/mol. The molecule has 0 aromatic heterocycles. The fourth-order valence-corrected chi connectivity index (χ4v) is 2.39. The van der Waals surface area contributed by atoms with Crippen LogP contribution in [0.3, 0.4) is 0 Å². The molecule has 2 nitrogen and oxygen atoms in total. The number of carbonyl (C=O) groups excluding carboxylic acids is 2. The van der Waals surface area contributed by atoms with Crippen LogP contribution < -0.4 is 0 Å². The molecule has 0 spiro atoms. The molecule has 0 fully saturated rings. The molecule has 0 N–H and O–H groups in total. The number of carbonyl (C=O) groups is 2. The van der Waals surface area contributed by atoms with Gasteiger partial charge in [0.1, 0.15) is 6.29 Å². The van der Waals surface area contributed by atoms with Gasteiger partial charge >= 0.3 is 0 Å². The highest BCUT2D eigenvalue weighted by atomic mass is 16.1. The van der Waals surface area contributed by atoms with Gasteiger partial charge in [-0.25, -0.2) is 0 Å². The van der Waals surface area contributed by atoms with Gasteiger partial charge in [-0.15, -0.1) is 0 Å². The van der Waals surface area contributed by atoms with Crippen LogP contribution in [0.4, 0.5) is 0 Å². The van der Waals surface area contributed by atoms with Crippen molar-refractivity contribution < 1.29 is 9.59 Å². The minimum Gasteiger partial charge on any atom is -0.299 e. The van der Waals surface area contributed by atoms with E-state index in [-0.39, 0.29) is 17.1 Å². The van der Waals surface area contributed by atoms with Crippen LogP contribution in [0.5, 0.6) is 0 Å². The van der Waals surface area contributed by atoms with Crippen LogP contribution in [-0.4, -0.2) is 12.1 Å². The first-order chi connectivity index (χ1) is 7.86. The highest BCUT2D eigenvalue weighted by molar-refractivity contribution is 5.92. The molecule has 0 heterocycles. The molecule has 0 aliphatic heterocycles. The molecule has 0 bridgehead atoms. The Labute approximate surface area is 103 Å². The molecule has 1 atom stereocenters. The van der Waals surface area contributed by atoms with Crippen LogP contribution in [0, 0.1) is 11.3 Å². The molecule has 0 saturated heterocycles. The monoisotopic (exact) mass is 232 g/mol. The van der Waals surface area contributed by atoms with Gasteiger partial charge in [0.15, 0.2) is 5.78 Å². The molecule has 92 valence electrons. The lowest BCUT2D eigenvalue weighted by molar-refractivity contribution is -0.117. The standard InChI is InChI=1S/C15H20O2/c1-11(7-8-16)5-6-14-12(2)9-13(17)10-15(14,3)4/h5-9,14H,10H2,1-4H3/b6-5+,11-7-. The second-order valence-electron chi connectivity index (χ2n) is 5.40. The summed E-state index contributed by atoms with van der Waals surface area (Å²) in [5.74, 6) is 0.465. The van der Waals surface area contributed by atoms with Gasteiger partial charge in [0.2, 0.25) is 0 Å². The summed E-state index contributed by atoms with van der Waals surface area (Å²) in [6, 6.07) is 0. The van der Waals surface area contributed by atoms with E-state index in [0.29, 0.717) is 6.42 Å². The number of hydrogen-bond acceptors (Lipinski definition) is 2. The van der Waals surface area contributed by atoms with Crippen LogP contribution in [0.1, 0.15) is 34.1 Å². The minimum atomic E-state index is -0.0477. The smallest absolute Gasteiger partial charge is 0.156 e. The van der Waals surface area contributed by atoms with E-state index in [1.807, 2.05) is 19.9 Å². The highest BCUT2D eigenvalue weighted by Gasteiger charge is 2.34. The molecule has 2 heteroatoms. The lowest BCUT2D eigenvalue weighted by Gasteiger charge is -2.35. The van der Waals surface area contributed by atoms with E-state index in [9.17, 15) is 9.59 Å². The van der Waals surface area contributed by atoms with Crippen molar-refractivity contribution in [2.75, 3.05) is 0 Å². The summed E-state index contributed by atoms with van der Waals surface area (Å²) in [5, 5.41) is 0. The largest absolute Gasteiger partial charge is 0.299 e. The maximum atomic E-state index is 11.5. The summed E-state index contributed by atoms with van der Waals surface area (Å²) in [7, 11) is 0. The van der Waals surface area contributed by atoms with Gasteiger partial charge in [0, 0.05) is 12.3 Å². The highest BCUT2D eigenvalue weighted by Crippen LogP contribution is 2.40. The third-order valence-electron chi connectivity index (χ3n) is 3.23. The van der Waals surface area contributed by atoms with Crippen molar-refractivity contribution >= 4 is 12.1 Å². The van der Waals surface area contributed by atoms with Crippen LogP contribution in [0.2, 0.25) is 0 Å². The average molecular weight is 232 g/mol. The lowest BCUT2D eigenvalue weighted by atomic mass is 9.68. The molecule has 1 aliphatic rings. The number of allylic oxidation sites excluding steroid dienone is 6. The van der Waals surface area contributed by atoms with Crippen molar-refractivity contribution in [3.63, 3.8) is 0 Å². The summed E-state index contributed by atoms with van der Waals surface area (Å²) in [5.41, 5.74) is 1.98. The van der Waals surface area contributed by atoms with Gasteiger partial charge in [0.05, 0.1) is 0 Å². The van der Waals surface area contributed by atoms with Crippen LogP contribution in [0.25, 0.3) is 0 Å². The van der Waals surface area contributed by atoms with E-state index in [0.717, 1.165) is 17.4 Å². The van der Waals surface area contributed by atoms with E-state index in [1.54, 1.807) is 6.08 Å². The Kier molecular flexibility index (Phi) is 4.22. The van der Waals surface area contributed by atoms with Crippen LogP contribution in [0.15, 0.2) is 35.5 Å². The fraction of sp³-hybridized carbons (Fsp3) is 0.467. The summed E-state index contributed by atoms with van der Waals surface area (Å²) in [6.07, 6.45) is 8.69. The molecule has 0 amide bonds. The first-order valence-electron chi connectivity index (χ1n) is 5.88. The molecule has 0 radical (unpaired) electrons. The predicted octanol–water partition coefficient (Wildman–Crippen LogP) is 3.25. The summed E-state index contributed by atoms with van der Waals surface area (Å²) >= 11 is 0. The molecule has 1 rings (SSSR count). The Balaban J connectivity index is 2.96. The molecule has 1 aliphatic carbocycles. The Bertz CT molecular complexity index is 409. The lowest BCUT2D eigenvalue weighted by Crippen LogP contribution is -2.30. The zero-order valence-electron chi connectivity index (χ0n) is 11.0. The number of rotatable bonds is 3. The molecule has 17 heavy (non-hydrogen) atoms.